The van der Waals surface area contributed by atoms with E-state index in [1.807, 2.05) is 0 Å². The number of amides is 1. The minimum Gasteiger partial charge on any atom is -0.480 e. The van der Waals surface area contributed by atoms with Gasteiger partial charge in [0.25, 0.3) is 5.91 Å². The van der Waals surface area contributed by atoms with Gasteiger partial charge >= 0.3 is 5.97 Å². The maximum atomic E-state index is 13.5. The van der Waals surface area contributed by atoms with Crippen LogP contribution in [-0.4, -0.2) is 36.7 Å². The summed E-state index contributed by atoms with van der Waals surface area (Å²) in [5.41, 5.74) is -0.243. The number of hydrogen-bond acceptors (Lipinski definition) is 3. The third-order valence-corrected chi connectivity index (χ3v) is 2.86. The maximum Gasteiger partial charge on any atom is 0.326 e. The minimum atomic E-state index is -1.18. The third kappa shape index (κ3) is 4.79. The lowest BCUT2D eigenvalue weighted by Gasteiger charge is -2.14. The van der Waals surface area contributed by atoms with E-state index >= 15 is 0 Å². The Labute approximate surface area is 120 Å². The molecular weight excluding hydrogens is 289 g/mol. The van der Waals surface area contributed by atoms with Crippen LogP contribution in [0, 0.1) is 5.82 Å². The first-order valence-electron chi connectivity index (χ1n) is 5.93. The number of nitrogens with one attached hydrogen (secondary N) is 1. The van der Waals surface area contributed by atoms with Crippen molar-refractivity contribution < 1.29 is 23.8 Å². The van der Waals surface area contributed by atoms with E-state index in [9.17, 15) is 14.0 Å². The average Bonchev–Trinajstić information content (AvgIpc) is 2.37. The summed E-state index contributed by atoms with van der Waals surface area (Å²) in [6.45, 7) is 0.384. The van der Waals surface area contributed by atoms with E-state index in [1.54, 1.807) is 0 Å². The van der Waals surface area contributed by atoms with E-state index in [0.29, 0.717) is 13.0 Å². The van der Waals surface area contributed by atoms with Gasteiger partial charge in [0.2, 0.25) is 0 Å². The van der Waals surface area contributed by atoms with Crippen molar-refractivity contribution in [2.75, 3.05) is 13.7 Å². The summed E-state index contributed by atoms with van der Waals surface area (Å²) >= 11 is 5.58. The second kappa shape index (κ2) is 7.81. The molecule has 0 aromatic heterocycles. The molecule has 1 rings (SSSR count). The van der Waals surface area contributed by atoms with Gasteiger partial charge in [0.05, 0.1) is 5.56 Å². The first kappa shape index (κ1) is 16.4. The van der Waals surface area contributed by atoms with Crippen LogP contribution in [0.5, 0.6) is 0 Å². The molecule has 1 amide bonds. The number of ether oxygens (including phenoxy) is 1. The first-order chi connectivity index (χ1) is 9.45. The van der Waals surface area contributed by atoms with E-state index in [4.69, 9.17) is 21.4 Å². The van der Waals surface area contributed by atoms with Crippen molar-refractivity contribution >= 4 is 23.5 Å². The summed E-state index contributed by atoms with van der Waals surface area (Å²) in [4.78, 5) is 22.9. The molecule has 0 radical (unpaired) electrons. The lowest BCUT2D eigenvalue weighted by atomic mass is 10.1. The number of aliphatic carboxylic acids is 1. The molecule has 1 aromatic rings. The summed E-state index contributed by atoms with van der Waals surface area (Å²) in [7, 11) is 1.50. The lowest BCUT2D eigenvalue weighted by Crippen LogP contribution is -2.41. The van der Waals surface area contributed by atoms with Crippen LogP contribution in [0.1, 0.15) is 23.2 Å². The molecule has 5 nitrogen and oxygen atoms in total. The summed E-state index contributed by atoms with van der Waals surface area (Å²) in [6, 6.07) is 2.48. The molecule has 0 heterocycles. The monoisotopic (exact) mass is 303 g/mol. The number of carbonyl (C=O) groups is 2. The number of methoxy groups -OCH3 is 1. The van der Waals surface area contributed by atoms with Crippen LogP contribution in [0.4, 0.5) is 4.39 Å². The van der Waals surface area contributed by atoms with Crippen molar-refractivity contribution in [3.8, 4) is 0 Å². The highest BCUT2D eigenvalue weighted by atomic mass is 35.5. The number of carboxylic acids is 1. The van der Waals surface area contributed by atoms with Gasteiger partial charge < -0.3 is 15.2 Å². The third-order valence-electron chi connectivity index (χ3n) is 2.62. The average molecular weight is 304 g/mol. The van der Waals surface area contributed by atoms with E-state index in [-0.39, 0.29) is 17.0 Å². The molecule has 1 aromatic carbocycles. The van der Waals surface area contributed by atoms with Gasteiger partial charge in [-0.25, -0.2) is 9.18 Å². The van der Waals surface area contributed by atoms with Crippen molar-refractivity contribution in [1.29, 1.82) is 0 Å². The second-order valence-electron chi connectivity index (χ2n) is 4.12. The quantitative estimate of drug-likeness (QED) is 0.756. The summed E-state index contributed by atoms with van der Waals surface area (Å²) in [5.74, 6) is -2.76. The van der Waals surface area contributed by atoms with Gasteiger partial charge in [-0.15, -0.1) is 0 Å². The summed E-state index contributed by atoms with van der Waals surface area (Å²) < 4.78 is 18.4. The Hall–Kier alpha value is -1.66. The fourth-order valence-electron chi connectivity index (χ4n) is 1.60. The molecule has 1 unspecified atom stereocenters. The van der Waals surface area contributed by atoms with Crippen LogP contribution >= 0.6 is 11.6 Å². The summed E-state index contributed by atoms with van der Waals surface area (Å²) in [5, 5.41) is 11.4. The van der Waals surface area contributed by atoms with Crippen LogP contribution in [0.3, 0.4) is 0 Å². The van der Waals surface area contributed by atoms with Crippen LogP contribution in [0.2, 0.25) is 5.02 Å². The Morgan fingerprint density at radius 3 is 2.75 bits per heavy atom. The number of carboxylic acid groups (broad SMARTS) is 1. The largest absolute Gasteiger partial charge is 0.480 e. The van der Waals surface area contributed by atoms with Gasteiger partial charge in [-0.1, -0.05) is 11.6 Å². The molecule has 0 aliphatic heterocycles. The van der Waals surface area contributed by atoms with Crippen LogP contribution in [-0.2, 0) is 9.53 Å². The predicted octanol–water partition coefficient (Wildman–Crippen LogP) is 2.09. The molecule has 0 saturated carbocycles. The van der Waals surface area contributed by atoms with E-state index in [1.165, 1.54) is 19.2 Å². The van der Waals surface area contributed by atoms with Crippen molar-refractivity contribution in [1.82, 2.24) is 5.32 Å². The standard InChI is InChI=1S/C13H15ClFNO4/c1-20-6-2-3-11(13(18)19)16-12(17)9-5-4-8(14)7-10(9)15/h4-5,7,11H,2-3,6H2,1H3,(H,16,17)(H,18,19). The fraction of sp³-hybridized carbons (Fsp3) is 0.385. The van der Waals surface area contributed by atoms with Crippen LogP contribution < -0.4 is 5.32 Å². The molecule has 0 aliphatic rings. The molecule has 110 valence electrons. The molecule has 0 bridgehead atoms. The van der Waals surface area contributed by atoms with Crippen molar-refractivity contribution in [2.24, 2.45) is 0 Å². The SMILES string of the molecule is COCCCC(NC(=O)c1ccc(Cl)cc1F)C(=O)O. The van der Waals surface area contributed by atoms with Gasteiger partial charge in [0.1, 0.15) is 11.9 Å². The zero-order valence-electron chi connectivity index (χ0n) is 10.9. The number of rotatable bonds is 7. The van der Waals surface area contributed by atoms with Gasteiger partial charge in [0.15, 0.2) is 0 Å². The van der Waals surface area contributed by atoms with Crippen LogP contribution in [0.15, 0.2) is 18.2 Å². The molecule has 0 spiro atoms. The Bertz CT molecular complexity index is 495. The van der Waals surface area contributed by atoms with Gasteiger partial charge in [-0.2, -0.15) is 0 Å². The smallest absolute Gasteiger partial charge is 0.326 e. The Balaban J connectivity index is 2.72. The number of halogens is 2. The normalized spacial score (nSPS) is 11.9. The number of hydrogen-bond donors (Lipinski definition) is 2. The first-order valence-corrected chi connectivity index (χ1v) is 6.31. The van der Waals surface area contributed by atoms with E-state index in [0.717, 1.165) is 6.07 Å². The molecule has 2 N–H and O–H groups in total. The Morgan fingerprint density at radius 1 is 1.50 bits per heavy atom. The number of carbonyl (C=O) groups excluding carboxylic acids is 1. The van der Waals surface area contributed by atoms with Gasteiger partial charge in [-0.05, 0) is 31.0 Å². The minimum absolute atomic E-state index is 0.161. The zero-order chi connectivity index (χ0) is 15.1. The molecular formula is C13H15ClFNO4. The molecule has 0 aliphatic carbocycles. The molecule has 20 heavy (non-hydrogen) atoms. The zero-order valence-corrected chi connectivity index (χ0v) is 11.6. The Kier molecular flexibility index (Phi) is 6.41. The fourth-order valence-corrected chi connectivity index (χ4v) is 1.76. The molecule has 1 atom stereocenters. The maximum absolute atomic E-state index is 13.5. The van der Waals surface area contributed by atoms with Gasteiger partial charge in [-0.3, -0.25) is 4.79 Å². The second-order valence-corrected chi connectivity index (χ2v) is 4.56. The topological polar surface area (TPSA) is 75.6 Å². The highest BCUT2D eigenvalue weighted by molar-refractivity contribution is 6.30. The van der Waals surface area contributed by atoms with Gasteiger partial charge in [0, 0.05) is 18.7 Å². The van der Waals surface area contributed by atoms with E-state index < -0.39 is 23.7 Å². The van der Waals surface area contributed by atoms with E-state index in [2.05, 4.69) is 5.32 Å². The highest BCUT2D eigenvalue weighted by Crippen LogP contribution is 2.15. The Morgan fingerprint density at radius 2 is 2.20 bits per heavy atom. The van der Waals surface area contributed by atoms with Crippen molar-refractivity contribution in [3.05, 3.63) is 34.6 Å². The molecule has 7 heteroatoms. The predicted molar refractivity (Wildman–Crippen MR) is 71.4 cm³/mol. The van der Waals surface area contributed by atoms with Crippen molar-refractivity contribution in [2.45, 2.75) is 18.9 Å². The van der Waals surface area contributed by atoms with Crippen LogP contribution in [0.25, 0.3) is 0 Å². The number of benzene rings is 1. The summed E-state index contributed by atoms with van der Waals surface area (Å²) in [6.07, 6.45) is 0.668. The lowest BCUT2D eigenvalue weighted by molar-refractivity contribution is -0.139. The molecule has 0 fully saturated rings. The van der Waals surface area contributed by atoms with Crippen molar-refractivity contribution in [3.63, 3.8) is 0 Å². The highest BCUT2D eigenvalue weighted by Gasteiger charge is 2.21. The molecule has 0 saturated heterocycles.